The van der Waals surface area contributed by atoms with Gasteiger partial charge in [0, 0.05) is 39.0 Å². The number of pyridine rings is 1. The molecule has 1 fully saturated rings. The summed E-state index contributed by atoms with van der Waals surface area (Å²) in [6.07, 6.45) is 3.65. The highest BCUT2D eigenvalue weighted by Gasteiger charge is 2.26. The number of rotatable bonds is 5. The molecule has 0 spiro atoms. The van der Waals surface area contributed by atoms with E-state index >= 15 is 0 Å². The van der Waals surface area contributed by atoms with Gasteiger partial charge in [0.05, 0.1) is 23.7 Å². The van der Waals surface area contributed by atoms with Crippen LogP contribution in [-0.4, -0.2) is 56.7 Å². The van der Waals surface area contributed by atoms with Gasteiger partial charge in [-0.1, -0.05) is 12.1 Å². The van der Waals surface area contributed by atoms with Crippen molar-refractivity contribution in [2.75, 3.05) is 30.7 Å². The zero-order chi connectivity index (χ0) is 20.3. The third-order valence-electron chi connectivity index (χ3n) is 4.70. The van der Waals surface area contributed by atoms with Crippen LogP contribution < -0.4 is 9.04 Å². The summed E-state index contributed by atoms with van der Waals surface area (Å²) in [5.41, 5.74) is 0.522. The van der Waals surface area contributed by atoms with Crippen LogP contribution in [0.4, 0.5) is 10.1 Å². The first kappa shape index (κ1) is 20.1. The van der Waals surface area contributed by atoms with Crippen molar-refractivity contribution in [3.8, 4) is 5.88 Å². The molecule has 150 valence electrons. The average molecular weight is 407 g/mol. The van der Waals surface area contributed by atoms with Crippen molar-refractivity contribution in [1.82, 2.24) is 9.88 Å². The molecule has 28 heavy (non-hydrogen) atoms. The number of halogens is 1. The van der Waals surface area contributed by atoms with Gasteiger partial charge in [-0.3, -0.25) is 9.10 Å². The van der Waals surface area contributed by atoms with Gasteiger partial charge in [0.25, 0.3) is 5.91 Å². The van der Waals surface area contributed by atoms with Crippen molar-refractivity contribution in [3.63, 3.8) is 0 Å². The molecule has 7 nitrogen and oxygen atoms in total. The maximum atomic E-state index is 13.8. The monoisotopic (exact) mass is 407 g/mol. The van der Waals surface area contributed by atoms with Gasteiger partial charge in [-0.05, 0) is 18.2 Å². The summed E-state index contributed by atoms with van der Waals surface area (Å²) in [6, 6.07) is 9.20. The Balaban J connectivity index is 1.56. The highest BCUT2D eigenvalue weighted by Crippen LogP contribution is 2.22. The Kier molecular flexibility index (Phi) is 5.83. The largest absolute Gasteiger partial charge is 0.474 e. The first-order chi connectivity index (χ1) is 13.3. The number of carbonyl (C=O) groups is 1. The number of hydrogen-bond donors (Lipinski definition) is 0. The van der Waals surface area contributed by atoms with Gasteiger partial charge in [0.15, 0.2) is 0 Å². The molecule has 1 amide bonds. The smallest absolute Gasteiger partial charge is 0.256 e. The molecule has 0 radical (unpaired) electrons. The molecular weight excluding hydrogens is 385 g/mol. The number of sulfonamides is 1. The minimum absolute atomic E-state index is 0.0779. The highest BCUT2D eigenvalue weighted by molar-refractivity contribution is 7.92. The molecule has 0 unspecified atom stereocenters. The first-order valence-electron chi connectivity index (χ1n) is 8.86. The van der Waals surface area contributed by atoms with E-state index in [2.05, 4.69) is 4.98 Å². The molecule has 3 rings (SSSR count). The Hall–Kier alpha value is -2.68. The SMILES string of the molecule is CN(c1ccc(OC2CCN(C(=O)c3ccccc3F)CC2)nc1)S(C)(=O)=O. The zero-order valence-corrected chi connectivity index (χ0v) is 16.5. The van der Waals surface area contributed by atoms with Gasteiger partial charge in [-0.25, -0.2) is 17.8 Å². The summed E-state index contributed by atoms with van der Waals surface area (Å²) < 4.78 is 43.9. The minimum atomic E-state index is -3.35. The van der Waals surface area contributed by atoms with Crippen molar-refractivity contribution in [2.24, 2.45) is 0 Å². The second kappa shape index (κ2) is 8.14. The number of benzene rings is 1. The molecule has 2 heterocycles. The van der Waals surface area contributed by atoms with E-state index in [0.29, 0.717) is 37.5 Å². The molecule has 0 aliphatic carbocycles. The lowest BCUT2D eigenvalue weighted by atomic mass is 10.1. The summed E-state index contributed by atoms with van der Waals surface area (Å²) >= 11 is 0. The normalized spacial score (nSPS) is 15.3. The Morgan fingerprint density at radius 2 is 1.89 bits per heavy atom. The predicted octanol–water partition coefficient (Wildman–Crippen LogP) is 2.30. The number of nitrogens with zero attached hydrogens (tertiary/aromatic N) is 3. The van der Waals surface area contributed by atoms with Crippen LogP contribution in [0.15, 0.2) is 42.6 Å². The Labute approximate surface area is 163 Å². The van der Waals surface area contributed by atoms with Crippen LogP contribution in [0.3, 0.4) is 0 Å². The van der Waals surface area contributed by atoms with Crippen molar-refractivity contribution in [2.45, 2.75) is 18.9 Å². The second-order valence-electron chi connectivity index (χ2n) is 6.67. The molecule has 0 N–H and O–H groups in total. The molecule has 2 aromatic rings. The van der Waals surface area contributed by atoms with Crippen LogP contribution in [0.2, 0.25) is 0 Å². The summed E-state index contributed by atoms with van der Waals surface area (Å²) in [5.74, 6) is -0.443. The zero-order valence-electron chi connectivity index (χ0n) is 15.7. The Morgan fingerprint density at radius 1 is 1.21 bits per heavy atom. The number of piperidine rings is 1. The van der Waals surface area contributed by atoms with Crippen LogP contribution in [0, 0.1) is 5.82 Å². The van der Waals surface area contributed by atoms with Crippen LogP contribution in [0.1, 0.15) is 23.2 Å². The number of amides is 1. The fourth-order valence-electron chi connectivity index (χ4n) is 2.97. The van der Waals surface area contributed by atoms with E-state index in [0.717, 1.165) is 10.6 Å². The van der Waals surface area contributed by atoms with Crippen molar-refractivity contribution in [3.05, 3.63) is 54.0 Å². The van der Waals surface area contributed by atoms with Gasteiger partial charge in [-0.2, -0.15) is 0 Å². The van der Waals surface area contributed by atoms with E-state index in [1.807, 2.05) is 0 Å². The number of aromatic nitrogens is 1. The lowest BCUT2D eigenvalue weighted by Gasteiger charge is -2.32. The van der Waals surface area contributed by atoms with Gasteiger partial charge in [-0.15, -0.1) is 0 Å². The molecule has 1 aliphatic rings. The minimum Gasteiger partial charge on any atom is -0.474 e. The first-order valence-corrected chi connectivity index (χ1v) is 10.7. The molecule has 0 atom stereocenters. The van der Waals surface area contributed by atoms with Gasteiger partial charge in [0.2, 0.25) is 15.9 Å². The Bertz CT molecular complexity index is 942. The van der Waals surface area contributed by atoms with Crippen LogP contribution in [0.25, 0.3) is 0 Å². The highest BCUT2D eigenvalue weighted by atomic mass is 32.2. The van der Waals surface area contributed by atoms with E-state index in [4.69, 9.17) is 4.74 Å². The molecule has 1 aromatic carbocycles. The second-order valence-corrected chi connectivity index (χ2v) is 8.69. The molecule has 0 bridgehead atoms. The maximum absolute atomic E-state index is 13.8. The third kappa shape index (κ3) is 4.59. The molecule has 0 saturated carbocycles. The van der Waals surface area contributed by atoms with E-state index in [9.17, 15) is 17.6 Å². The summed E-state index contributed by atoms with van der Waals surface area (Å²) in [4.78, 5) is 18.2. The van der Waals surface area contributed by atoms with E-state index in [-0.39, 0.29) is 17.6 Å². The number of hydrogen-bond acceptors (Lipinski definition) is 5. The topological polar surface area (TPSA) is 79.8 Å². The van der Waals surface area contributed by atoms with Gasteiger partial charge in [0.1, 0.15) is 11.9 Å². The fourth-order valence-corrected chi connectivity index (χ4v) is 3.46. The molecule has 1 aliphatic heterocycles. The number of likely N-dealkylation sites (tertiary alicyclic amines) is 1. The molecular formula is C19H22FN3O4S. The lowest BCUT2D eigenvalue weighted by Crippen LogP contribution is -2.42. The lowest BCUT2D eigenvalue weighted by molar-refractivity contribution is 0.0584. The van der Waals surface area contributed by atoms with Crippen LogP contribution >= 0.6 is 0 Å². The summed E-state index contributed by atoms with van der Waals surface area (Å²) in [5, 5.41) is 0. The summed E-state index contributed by atoms with van der Waals surface area (Å²) in [7, 11) is -1.89. The quantitative estimate of drug-likeness (QED) is 0.760. The van der Waals surface area contributed by atoms with Gasteiger partial charge < -0.3 is 9.64 Å². The summed E-state index contributed by atoms with van der Waals surface area (Å²) in [6.45, 7) is 0.930. The van der Waals surface area contributed by atoms with E-state index in [1.54, 1.807) is 29.2 Å². The standard InChI is InChI=1S/C19H22FN3O4S/c1-22(28(2,25)26)14-7-8-18(21-13-14)27-15-9-11-23(12-10-15)19(24)16-5-3-4-6-17(16)20/h3-8,13,15H,9-12H2,1-2H3. The molecule has 9 heteroatoms. The van der Waals surface area contributed by atoms with E-state index in [1.165, 1.54) is 25.4 Å². The number of anilines is 1. The predicted molar refractivity (Wildman–Crippen MR) is 103 cm³/mol. The fraction of sp³-hybridized carbons (Fsp3) is 0.368. The van der Waals surface area contributed by atoms with Crippen molar-refractivity contribution in [1.29, 1.82) is 0 Å². The van der Waals surface area contributed by atoms with Gasteiger partial charge >= 0.3 is 0 Å². The number of carbonyl (C=O) groups excluding carboxylic acids is 1. The van der Waals surface area contributed by atoms with E-state index < -0.39 is 15.8 Å². The van der Waals surface area contributed by atoms with Crippen LogP contribution in [-0.2, 0) is 10.0 Å². The third-order valence-corrected chi connectivity index (χ3v) is 5.91. The van der Waals surface area contributed by atoms with Crippen molar-refractivity contribution < 1.29 is 22.3 Å². The van der Waals surface area contributed by atoms with Crippen LogP contribution in [0.5, 0.6) is 5.88 Å². The number of ether oxygens (including phenoxy) is 1. The molecule has 1 saturated heterocycles. The maximum Gasteiger partial charge on any atom is 0.256 e. The van der Waals surface area contributed by atoms with Crippen molar-refractivity contribution >= 4 is 21.6 Å². The average Bonchev–Trinajstić information content (AvgIpc) is 2.68. The Morgan fingerprint density at radius 3 is 2.46 bits per heavy atom. The molecule has 1 aromatic heterocycles.